The minimum atomic E-state index is -0.768. The predicted molar refractivity (Wildman–Crippen MR) is 114 cm³/mol. The number of aromatic nitrogens is 3. The van der Waals surface area contributed by atoms with Gasteiger partial charge in [-0.15, -0.1) is 0 Å². The van der Waals surface area contributed by atoms with Gasteiger partial charge in [0, 0.05) is 46.5 Å². The van der Waals surface area contributed by atoms with Crippen molar-refractivity contribution in [1.82, 2.24) is 19.9 Å². The molecule has 1 aliphatic carbocycles. The zero-order valence-corrected chi connectivity index (χ0v) is 18.1. The Hall–Kier alpha value is -2.03. The summed E-state index contributed by atoms with van der Waals surface area (Å²) >= 11 is 3.44. The molecule has 1 saturated heterocycles. The summed E-state index contributed by atoms with van der Waals surface area (Å²) in [6, 6.07) is 4.07. The molecule has 0 bridgehead atoms. The number of anilines is 1. The molecule has 0 amide bonds. The second-order valence-corrected chi connectivity index (χ2v) is 9.33. The maximum absolute atomic E-state index is 11.3. The summed E-state index contributed by atoms with van der Waals surface area (Å²) in [4.78, 5) is 15.4. The number of furan rings is 1. The number of halogens is 1. The molecule has 2 aliphatic rings. The summed E-state index contributed by atoms with van der Waals surface area (Å²) in [5.41, 5.74) is 2.41. The van der Waals surface area contributed by atoms with E-state index in [1.54, 1.807) is 0 Å². The fourth-order valence-corrected chi connectivity index (χ4v) is 4.37. The number of nitrogens with zero attached hydrogens (tertiary/aromatic N) is 4. The number of hydrogen-bond donors (Lipinski definition) is 2. The Kier molecular flexibility index (Phi) is 4.60. The van der Waals surface area contributed by atoms with E-state index < -0.39 is 6.23 Å². The number of likely N-dealkylation sites (tertiary alicyclic amines) is 1. The van der Waals surface area contributed by atoms with Gasteiger partial charge in [0.1, 0.15) is 24.1 Å². The zero-order chi connectivity index (χ0) is 20.2. The van der Waals surface area contributed by atoms with E-state index in [1.165, 1.54) is 6.33 Å². The SMILES string of the molecule is Cc1oc2ncnc(NC3(C)CC3)c2c1C(O)N1CCC(c2ccc(Br)cn2)C1. The van der Waals surface area contributed by atoms with Crippen LogP contribution in [0, 0.1) is 6.92 Å². The highest BCUT2D eigenvalue weighted by atomic mass is 79.9. The van der Waals surface area contributed by atoms with E-state index in [0.29, 0.717) is 17.4 Å². The van der Waals surface area contributed by atoms with E-state index in [1.807, 2.05) is 19.2 Å². The summed E-state index contributed by atoms with van der Waals surface area (Å²) in [5, 5.41) is 15.6. The number of pyridine rings is 1. The Balaban J connectivity index is 1.44. The van der Waals surface area contributed by atoms with Gasteiger partial charge in [0.15, 0.2) is 0 Å². The second kappa shape index (κ2) is 7.04. The lowest BCUT2D eigenvalue weighted by molar-refractivity contribution is 0.0179. The highest BCUT2D eigenvalue weighted by Gasteiger charge is 2.39. The number of nitrogens with one attached hydrogen (secondary N) is 1. The van der Waals surface area contributed by atoms with Crippen molar-refractivity contribution in [2.24, 2.45) is 0 Å². The quantitative estimate of drug-likeness (QED) is 0.595. The van der Waals surface area contributed by atoms with Gasteiger partial charge in [-0.2, -0.15) is 0 Å². The number of aliphatic hydroxyl groups excluding tert-OH is 1. The van der Waals surface area contributed by atoms with Crippen LogP contribution in [0.1, 0.15) is 55.3 Å². The average molecular weight is 458 g/mol. The molecule has 2 atom stereocenters. The average Bonchev–Trinajstić information content (AvgIpc) is 3.11. The highest BCUT2D eigenvalue weighted by molar-refractivity contribution is 9.10. The third kappa shape index (κ3) is 3.53. The lowest BCUT2D eigenvalue weighted by Crippen LogP contribution is -2.27. The van der Waals surface area contributed by atoms with Crippen LogP contribution in [0.4, 0.5) is 5.82 Å². The molecule has 29 heavy (non-hydrogen) atoms. The minimum Gasteiger partial charge on any atom is -0.442 e. The fraction of sp³-hybridized carbons (Fsp3) is 0.476. The van der Waals surface area contributed by atoms with Crippen molar-refractivity contribution in [3.8, 4) is 0 Å². The van der Waals surface area contributed by atoms with Crippen LogP contribution in [-0.2, 0) is 0 Å². The van der Waals surface area contributed by atoms with Gasteiger partial charge in [-0.05, 0) is 61.2 Å². The first-order valence-electron chi connectivity index (χ1n) is 9.99. The monoisotopic (exact) mass is 457 g/mol. The van der Waals surface area contributed by atoms with Crippen molar-refractivity contribution in [2.45, 2.75) is 50.8 Å². The largest absolute Gasteiger partial charge is 0.442 e. The molecule has 1 aliphatic heterocycles. The van der Waals surface area contributed by atoms with E-state index in [0.717, 1.165) is 59.3 Å². The molecule has 7 nitrogen and oxygen atoms in total. The summed E-state index contributed by atoms with van der Waals surface area (Å²) in [6.45, 7) is 5.60. The molecule has 3 aromatic rings. The Morgan fingerprint density at radius 3 is 2.86 bits per heavy atom. The number of aliphatic hydroxyl groups is 1. The smallest absolute Gasteiger partial charge is 0.231 e. The molecule has 2 unspecified atom stereocenters. The van der Waals surface area contributed by atoms with Gasteiger partial charge in [-0.3, -0.25) is 9.88 Å². The molecule has 0 radical (unpaired) electrons. The van der Waals surface area contributed by atoms with Crippen LogP contribution in [0.25, 0.3) is 11.1 Å². The minimum absolute atomic E-state index is 0.0701. The maximum atomic E-state index is 11.3. The summed E-state index contributed by atoms with van der Waals surface area (Å²) in [5.74, 6) is 1.73. The van der Waals surface area contributed by atoms with Crippen molar-refractivity contribution in [3.63, 3.8) is 0 Å². The molecule has 5 rings (SSSR count). The zero-order valence-electron chi connectivity index (χ0n) is 16.5. The fourth-order valence-electron chi connectivity index (χ4n) is 4.13. The first-order valence-corrected chi connectivity index (χ1v) is 10.8. The van der Waals surface area contributed by atoms with Crippen LogP contribution in [0.3, 0.4) is 0 Å². The summed E-state index contributed by atoms with van der Waals surface area (Å²) in [7, 11) is 0. The van der Waals surface area contributed by atoms with Gasteiger partial charge in [0.2, 0.25) is 5.71 Å². The molecule has 8 heteroatoms. The van der Waals surface area contributed by atoms with E-state index >= 15 is 0 Å². The van der Waals surface area contributed by atoms with E-state index in [4.69, 9.17) is 4.42 Å². The Morgan fingerprint density at radius 1 is 1.31 bits per heavy atom. The molecule has 2 fully saturated rings. The summed E-state index contributed by atoms with van der Waals surface area (Å²) in [6.07, 6.45) is 5.76. The van der Waals surface area contributed by atoms with Crippen molar-refractivity contribution in [1.29, 1.82) is 0 Å². The van der Waals surface area contributed by atoms with Crippen molar-refractivity contribution >= 4 is 32.8 Å². The van der Waals surface area contributed by atoms with Gasteiger partial charge in [-0.1, -0.05) is 0 Å². The van der Waals surface area contributed by atoms with Gasteiger partial charge in [0.25, 0.3) is 0 Å². The molecular weight excluding hydrogens is 434 g/mol. The molecule has 1 saturated carbocycles. The van der Waals surface area contributed by atoms with Gasteiger partial charge < -0.3 is 14.8 Å². The topological polar surface area (TPSA) is 87.3 Å². The molecule has 152 valence electrons. The standard InChI is InChI=1S/C21H24BrN5O2/c1-12-16(17-18(26-21(2)6-7-21)24-11-25-19(17)29-12)20(28)27-8-5-13(10-27)15-4-3-14(22)9-23-15/h3-4,9,11,13,20,28H,5-8,10H2,1-2H3,(H,24,25,26). The van der Waals surface area contributed by atoms with Crippen LogP contribution in [0.5, 0.6) is 0 Å². The van der Waals surface area contributed by atoms with E-state index in [-0.39, 0.29) is 5.54 Å². The molecule has 0 spiro atoms. The van der Waals surface area contributed by atoms with Crippen molar-refractivity contribution < 1.29 is 9.52 Å². The van der Waals surface area contributed by atoms with E-state index in [9.17, 15) is 5.11 Å². The number of hydrogen-bond acceptors (Lipinski definition) is 7. The Labute approximate surface area is 177 Å². The lowest BCUT2D eigenvalue weighted by atomic mass is 10.0. The van der Waals surface area contributed by atoms with Crippen LogP contribution >= 0.6 is 15.9 Å². The van der Waals surface area contributed by atoms with Crippen LogP contribution in [-0.4, -0.2) is 43.6 Å². The van der Waals surface area contributed by atoms with Crippen molar-refractivity contribution in [3.05, 3.63) is 46.1 Å². The van der Waals surface area contributed by atoms with Crippen LogP contribution < -0.4 is 5.32 Å². The van der Waals surface area contributed by atoms with Crippen LogP contribution in [0.15, 0.2) is 33.5 Å². The molecule has 4 heterocycles. The number of aryl methyl sites for hydroxylation is 1. The number of fused-ring (bicyclic) bond motifs is 1. The number of rotatable bonds is 5. The lowest BCUT2D eigenvalue weighted by Gasteiger charge is -2.23. The van der Waals surface area contributed by atoms with Crippen molar-refractivity contribution in [2.75, 3.05) is 18.4 Å². The first kappa shape index (κ1) is 19.0. The van der Waals surface area contributed by atoms with E-state index in [2.05, 4.69) is 54.1 Å². The molecule has 0 aromatic carbocycles. The molecule has 2 N–H and O–H groups in total. The Bertz CT molecular complexity index is 1050. The molecular formula is C21H24BrN5O2. The Morgan fingerprint density at radius 2 is 2.14 bits per heavy atom. The van der Waals surface area contributed by atoms with Gasteiger partial charge >= 0.3 is 0 Å². The highest BCUT2D eigenvalue weighted by Crippen LogP contribution is 2.42. The van der Waals surface area contributed by atoms with Gasteiger partial charge in [-0.25, -0.2) is 9.97 Å². The predicted octanol–water partition coefficient (Wildman–Crippen LogP) is 4.13. The maximum Gasteiger partial charge on any atom is 0.231 e. The molecule has 3 aromatic heterocycles. The third-order valence-electron chi connectivity index (χ3n) is 6.12. The normalized spacial score (nSPS) is 22.1. The first-order chi connectivity index (χ1) is 13.9. The second-order valence-electron chi connectivity index (χ2n) is 8.42. The summed E-state index contributed by atoms with van der Waals surface area (Å²) < 4.78 is 6.86. The van der Waals surface area contributed by atoms with Gasteiger partial charge in [0.05, 0.1) is 5.39 Å². The third-order valence-corrected chi connectivity index (χ3v) is 6.59. The van der Waals surface area contributed by atoms with Crippen LogP contribution in [0.2, 0.25) is 0 Å².